The van der Waals surface area contributed by atoms with Crippen LogP contribution < -0.4 is 11.1 Å². The Labute approximate surface area is 112 Å². The number of nitrogens with one attached hydrogen (secondary N) is 1. The maximum atomic E-state index is 6.05. The third-order valence-corrected chi connectivity index (χ3v) is 3.56. The summed E-state index contributed by atoms with van der Waals surface area (Å²) in [5.74, 6) is 0.813. The third kappa shape index (κ3) is 2.17. The summed E-state index contributed by atoms with van der Waals surface area (Å²) in [7, 11) is 0. The van der Waals surface area contributed by atoms with Gasteiger partial charge >= 0.3 is 0 Å². The Bertz CT molecular complexity index is 579. The van der Waals surface area contributed by atoms with Crippen LogP contribution in [0.2, 0.25) is 0 Å². The Morgan fingerprint density at radius 2 is 2.42 bits per heavy atom. The molecule has 102 valence electrons. The molecule has 3 N–H and O–H groups in total. The molecule has 2 aromatic heterocycles. The van der Waals surface area contributed by atoms with Gasteiger partial charge in [-0.25, -0.2) is 9.50 Å². The number of anilines is 1. The van der Waals surface area contributed by atoms with Crippen molar-refractivity contribution in [3.05, 3.63) is 24.2 Å². The van der Waals surface area contributed by atoms with Crippen molar-refractivity contribution in [2.75, 3.05) is 11.9 Å². The third-order valence-electron chi connectivity index (χ3n) is 3.56. The molecule has 0 bridgehead atoms. The fourth-order valence-electron chi connectivity index (χ4n) is 2.54. The molecule has 2 heterocycles. The second-order valence-corrected chi connectivity index (χ2v) is 4.95. The molecule has 0 aliphatic heterocycles. The number of fused-ring (bicyclic) bond motifs is 1. The van der Waals surface area contributed by atoms with Crippen LogP contribution in [0.15, 0.2) is 18.5 Å². The highest BCUT2D eigenvalue weighted by atomic mass is 16.5. The highest BCUT2D eigenvalue weighted by molar-refractivity contribution is 5.68. The second kappa shape index (κ2) is 4.79. The van der Waals surface area contributed by atoms with Gasteiger partial charge in [-0.3, -0.25) is 0 Å². The van der Waals surface area contributed by atoms with Crippen molar-refractivity contribution >= 4 is 11.3 Å². The van der Waals surface area contributed by atoms with Gasteiger partial charge in [0.25, 0.3) is 0 Å². The first-order chi connectivity index (χ1) is 9.19. The quantitative estimate of drug-likeness (QED) is 0.857. The minimum atomic E-state index is 0.114. The molecule has 0 saturated heterocycles. The monoisotopic (exact) mass is 261 g/mol. The number of aryl methyl sites for hydroxylation is 1. The lowest BCUT2D eigenvalue weighted by Gasteiger charge is -2.42. The Hall–Kier alpha value is -1.66. The minimum Gasteiger partial charge on any atom is -0.376 e. The number of nitrogens with zero attached hydrogens (tertiary/aromatic N) is 3. The molecule has 6 nitrogen and oxygen atoms in total. The summed E-state index contributed by atoms with van der Waals surface area (Å²) in [6.45, 7) is 4.67. The number of aromatic nitrogens is 3. The zero-order valence-corrected chi connectivity index (χ0v) is 11.2. The number of hydrogen-bond donors (Lipinski definition) is 2. The first-order valence-electron chi connectivity index (χ1n) is 6.63. The lowest BCUT2D eigenvalue weighted by Crippen LogP contribution is -2.60. The van der Waals surface area contributed by atoms with Gasteiger partial charge < -0.3 is 15.8 Å². The van der Waals surface area contributed by atoms with Crippen LogP contribution in [0.25, 0.3) is 5.52 Å². The lowest BCUT2D eigenvalue weighted by atomic mass is 9.83. The molecule has 0 aromatic carbocycles. The topological polar surface area (TPSA) is 77.5 Å². The molecular weight excluding hydrogens is 242 g/mol. The van der Waals surface area contributed by atoms with Crippen LogP contribution in [-0.4, -0.2) is 39.4 Å². The summed E-state index contributed by atoms with van der Waals surface area (Å²) in [4.78, 5) is 4.39. The summed E-state index contributed by atoms with van der Waals surface area (Å²) in [5.41, 5.74) is 7.98. The van der Waals surface area contributed by atoms with Crippen molar-refractivity contribution in [1.29, 1.82) is 0 Å². The molecule has 3 unspecified atom stereocenters. The first kappa shape index (κ1) is 12.4. The molecular formula is C13H19N5O. The average molecular weight is 261 g/mol. The SMILES string of the molecule is CCOC1CC(N)C1Nc1nccn2nc(C)cc12. The van der Waals surface area contributed by atoms with E-state index in [1.165, 1.54) is 0 Å². The van der Waals surface area contributed by atoms with Crippen LogP contribution in [0.4, 0.5) is 5.82 Å². The Morgan fingerprint density at radius 3 is 3.16 bits per heavy atom. The summed E-state index contributed by atoms with van der Waals surface area (Å²) < 4.78 is 7.48. The summed E-state index contributed by atoms with van der Waals surface area (Å²) in [6, 6.07) is 2.24. The summed E-state index contributed by atoms with van der Waals surface area (Å²) in [5, 5.41) is 7.77. The minimum absolute atomic E-state index is 0.114. The molecule has 3 rings (SSSR count). The van der Waals surface area contributed by atoms with E-state index in [4.69, 9.17) is 10.5 Å². The highest BCUT2D eigenvalue weighted by Crippen LogP contribution is 2.27. The van der Waals surface area contributed by atoms with Gasteiger partial charge in [0.2, 0.25) is 0 Å². The van der Waals surface area contributed by atoms with Crippen LogP contribution in [0.1, 0.15) is 19.0 Å². The highest BCUT2D eigenvalue weighted by Gasteiger charge is 2.39. The molecule has 0 spiro atoms. The molecule has 3 atom stereocenters. The fraction of sp³-hybridized carbons (Fsp3) is 0.538. The summed E-state index contributed by atoms with van der Waals surface area (Å²) in [6.07, 6.45) is 4.65. The van der Waals surface area contributed by atoms with Crippen molar-refractivity contribution in [2.45, 2.75) is 38.5 Å². The number of hydrogen-bond acceptors (Lipinski definition) is 5. The van der Waals surface area contributed by atoms with Gasteiger partial charge in [0.15, 0.2) is 5.82 Å². The normalized spacial score (nSPS) is 26.4. The summed E-state index contributed by atoms with van der Waals surface area (Å²) >= 11 is 0. The molecule has 0 amide bonds. The van der Waals surface area contributed by atoms with Crippen molar-refractivity contribution in [1.82, 2.24) is 14.6 Å². The zero-order chi connectivity index (χ0) is 13.4. The van der Waals surface area contributed by atoms with Gasteiger partial charge in [0.1, 0.15) is 5.52 Å². The van der Waals surface area contributed by atoms with E-state index >= 15 is 0 Å². The average Bonchev–Trinajstić information content (AvgIpc) is 2.76. The van der Waals surface area contributed by atoms with Crippen LogP contribution in [-0.2, 0) is 4.74 Å². The van der Waals surface area contributed by atoms with E-state index in [-0.39, 0.29) is 18.2 Å². The molecule has 1 aliphatic rings. The van der Waals surface area contributed by atoms with Crippen molar-refractivity contribution < 1.29 is 4.74 Å². The number of rotatable bonds is 4. The smallest absolute Gasteiger partial charge is 0.152 e. The van der Waals surface area contributed by atoms with Gasteiger partial charge in [-0.05, 0) is 26.3 Å². The molecule has 1 fully saturated rings. The van der Waals surface area contributed by atoms with Crippen molar-refractivity contribution in [3.63, 3.8) is 0 Å². The number of nitrogens with two attached hydrogens (primary N) is 1. The van der Waals surface area contributed by atoms with Crippen molar-refractivity contribution in [3.8, 4) is 0 Å². The maximum absolute atomic E-state index is 6.05. The lowest BCUT2D eigenvalue weighted by molar-refractivity contribution is -0.0126. The van der Waals surface area contributed by atoms with Crippen LogP contribution in [0.5, 0.6) is 0 Å². The number of ether oxygens (including phenoxy) is 1. The van der Waals surface area contributed by atoms with Gasteiger partial charge in [-0.2, -0.15) is 5.10 Å². The van der Waals surface area contributed by atoms with E-state index in [0.717, 1.165) is 23.4 Å². The molecule has 6 heteroatoms. The largest absolute Gasteiger partial charge is 0.376 e. The predicted octanol–water partition coefficient (Wildman–Crippen LogP) is 0.954. The van der Waals surface area contributed by atoms with Gasteiger partial charge in [-0.1, -0.05) is 0 Å². The van der Waals surface area contributed by atoms with E-state index in [9.17, 15) is 0 Å². The molecule has 1 saturated carbocycles. The van der Waals surface area contributed by atoms with Gasteiger partial charge in [-0.15, -0.1) is 0 Å². The molecule has 0 radical (unpaired) electrons. The first-order valence-corrected chi connectivity index (χ1v) is 6.63. The molecule has 19 heavy (non-hydrogen) atoms. The van der Waals surface area contributed by atoms with Crippen molar-refractivity contribution in [2.24, 2.45) is 5.73 Å². The maximum Gasteiger partial charge on any atom is 0.152 e. The molecule has 2 aromatic rings. The second-order valence-electron chi connectivity index (χ2n) is 4.95. The van der Waals surface area contributed by atoms with E-state index in [1.807, 2.05) is 30.6 Å². The fourth-order valence-corrected chi connectivity index (χ4v) is 2.54. The van der Waals surface area contributed by atoms with Gasteiger partial charge in [0.05, 0.1) is 17.8 Å². The zero-order valence-electron chi connectivity index (χ0n) is 11.2. The standard InChI is InChI=1S/C13H19N5O/c1-3-19-11-7-9(14)12(11)16-13-10-6-8(2)17-18(10)5-4-15-13/h4-6,9,11-12H,3,7,14H2,1-2H3,(H,15,16). The van der Waals surface area contributed by atoms with E-state index in [1.54, 1.807) is 6.20 Å². The van der Waals surface area contributed by atoms with Gasteiger partial charge in [0, 0.05) is 25.0 Å². The predicted molar refractivity (Wildman–Crippen MR) is 73.1 cm³/mol. The van der Waals surface area contributed by atoms with E-state index < -0.39 is 0 Å². The molecule has 1 aliphatic carbocycles. The van der Waals surface area contributed by atoms with Crippen LogP contribution in [0.3, 0.4) is 0 Å². The Morgan fingerprint density at radius 1 is 1.58 bits per heavy atom. The van der Waals surface area contributed by atoms with Crippen LogP contribution >= 0.6 is 0 Å². The van der Waals surface area contributed by atoms with E-state index in [0.29, 0.717) is 6.61 Å². The van der Waals surface area contributed by atoms with E-state index in [2.05, 4.69) is 15.4 Å². The Balaban J connectivity index is 1.84. The Kier molecular flexibility index (Phi) is 3.12. The van der Waals surface area contributed by atoms with Crippen LogP contribution in [0, 0.1) is 6.92 Å².